The second kappa shape index (κ2) is 30.9. The first kappa shape index (κ1) is 61.3. The van der Waals surface area contributed by atoms with Crippen LogP contribution < -0.4 is 42.5 Å². The van der Waals surface area contributed by atoms with Gasteiger partial charge in [0.2, 0.25) is 47.3 Å². The standard InChI is InChI=1S/C51H66N10O16/c1-30-24-44(68)60(48(30)72)18-22-76-20-16-52-42(66)28-38(46(70)58-50(74)54-36-12-8-34(9-13-36)26-32(3)62)56-40(64)6-5-7-41(65)57-39(47(71)59-51(75)55-37-14-10-35(11-15-37)27-33(4)63)29-43(67)53-17-21-77-23-19-61-45(69)25-31(2)49(61)73/h8-15,30-31,38-39H,5-7,16-29H2,1-4H3,(H,52,66)(H,53,67)(H,56,64)(H,57,65)(H2,54,58,70,74)(H2,55,59,71,75). The van der Waals surface area contributed by atoms with Crippen LogP contribution in [0.4, 0.5) is 21.0 Å². The highest BCUT2D eigenvalue weighted by Gasteiger charge is 2.36. The van der Waals surface area contributed by atoms with Crippen LogP contribution in [-0.2, 0) is 79.8 Å². The summed E-state index contributed by atoms with van der Waals surface area (Å²) in [7, 11) is 0. The van der Waals surface area contributed by atoms with Crippen molar-refractivity contribution in [3.05, 3.63) is 59.7 Å². The number of rotatable bonds is 30. The molecule has 4 atom stereocenters. The Morgan fingerprint density at radius 1 is 0.532 bits per heavy atom. The molecule has 0 bridgehead atoms. The zero-order valence-electron chi connectivity index (χ0n) is 43.4. The van der Waals surface area contributed by atoms with Gasteiger partial charge in [0.05, 0.1) is 52.4 Å². The lowest BCUT2D eigenvalue weighted by molar-refractivity contribution is -0.141. The minimum Gasteiger partial charge on any atom is -0.378 e. The van der Waals surface area contributed by atoms with E-state index < -0.39 is 97.1 Å². The summed E-state index contributed by atoms with van der Waals surface area (Å²) >= 11 is 0. The smallest absolute Gasteiger partial charge is 0.325 e. The number of carbonyl (C=O) groups excluding carboxylic acids is 14. The zero-order chi connectivity index (χ0) is 56.6. The molecular weight excluding hydrogens is 1010 g/mol. The molecule has 14 amide bonds. The van der Waals surface area contributed by atoms with E-state index in [1.807, 2.05) is 0 Å². The molecule has 0 aromatic heterocycles. The van der Waals surface area contributed by atoms with Gasteiger partial charge in [0.15, 0.2) is 0 Å². The van der Waals surface area contributed by atoms with Crippen molar-refractivity contribution in [2.45, 2.75) is 97.6 Å². The Morgan fingerprint density at radius 3 is 1.22 bits per heavy atom. The lowest BCUT2D eigenvalue weighted by Crippen LogP contribution is -2.51. The van der Waals surface area contributed by atoms with Crippen molar-refractivity contribution in [1.82, 2.24) is 41.7 Å². The van der Waals surface area contributed by atoms with Crippen LogP contribution in [0.3, 0.4) is 0 Å². The highest BCUT2D eigenvalue weighted by atomic mass is 16.5. The van der Waals surface area contributed by atoms with Gasteiger partial charge in [0.1, 0.15) is 23.7 Å². The molecule has 2 aliphatic heterocycles. The maximum Gasteiger partial charge on any atom is 0.325 e. The SMILES string of the molecule is CC(=O)Cc1ccc(NC(=O)NC(=O)C(CC(=O)NCCOCCN2C(=O)CC(C)C2=O)NC(=O)CCCC(=O)NC(CC(=O)NCCOCCN2C(=O)CC(C)C2=O)C(=O)NC(=O)Nc2ccc(CC(C)=O)cc2)cc1. The normalized spacial score (nSPS) is 15.7. The van der Waals surface area contributed by atoms with E-state index in [4.69, 9.17) is 9.47 Å². The van der Waals surface area contributed by atoms with Crippen molar-refractivity contribution in [3.8, 4) is 0 Å². The zero-order valence-corrected chi connectivity index (χ0v) is 43.4. The quantitative estimate of drug-likeness (QED) is 0.0375. The number of carbonyl (C=O) groups is 14. The van der Waals surface area contributed by atoms with E-state index in [0.717, 1.165) is 9.80 Å². The summed E-state index contributed by atoms with van der Waals surface area (Å²) in [6, 6.07) is 7.13. The van der Waals surface area contributed by atoms with Crippen LogP contribution in [0.1, 0.15) is 83.8 Å². The van der Waals surface area contributed by atoms with Crippen LogP contribution in [0.5, 0.6) is 0 Å². The summed E-state index contributed by atoms with van der Waals surface area (Å²) in [6.45, 7) is 5.97. The Morgan fingerprint density at radius 2 is 0.896 bits per heavy atom. The van der Waals surface area contributed by atoms with Crippen molar-refractivity contribution in [2.24, 2.45) is 11.8 Å². The first-order valence-electron chi connectivity index (χ1n) is 24.9. The van der Waals surface area contributed by atoms with Crippen LogP contribution in [0.15, 0.2) is 48.5 Å². The third-order valence-electron chi connectivity index (χ3n) is 11.7. The van der Waals surface area contributed by atoms with Crippen molar-refractivity contribution < 1.29 is 76.6 Å². The van der Waals surface area contributed by atoms with Crippen molar-refractivity contribution in [1.29, 1.82) is 0 Å². The Labute approximate surface area is 443 Å². The fourth-order valence-electron chi connectivity index (χ4n) is 7.79. The molecule has 416 valence electrons. The monoisotopic (exact) mass is 1070 g/mol. The molecule has 2 aliphatic rings. The number of likely N-dealkylation sites (tertiary alicyclic amines) is 2. The molecular formula is C51H66N10O16. The van der Waals surface area contributed by atoms with Gasteiger partial charge < -0.3 is 41.4 Å². The number of Topliss-reactive ketones (excluding diaryl/α,β-unsaturated/α-hetero) is 2. The molecule has 2 saturated heterocycles. The van der Waals surface area contributed by atoms with Gasteiger partial charge in [-0.05, 0) is 55.7 Å². The summed E-state index contributed by atoms with van der Waals surface area (Å²) in [4.78, 5) is 178. The highest BCUT2D eigenvalue weighted by molar-refractivity contribution is 6.07. The molecule has 0 spiro atoms. The van der Waals surface area contributed by atoms with Crippen molar-refractivity contribution in [2.75, 3.05) is 63.2 Å². The lowest BCUT2D eigenvalue weighted by atomic mass is 10.1. The van der Waals surface area contributed by atoms with E-state index in [9.17, 15) is 67.1 Å². The van der Waals surface area contributed by atoms with Gasteiger partial charge >= 0.3 is 12.1 Å². The number of anilines is 2. The van der Waals surface area contributed by atoms with E-state index in [1.54, 1.807) is 38.1 Å². The van der Waals surface area contributed by atoms with Gasteiger partial charge in [-0.1, -0.05) is 38.1 Å². The number of benzene rings is 2. The number of amides is 14. The van der Waals surface area contributed by atoms with Gasteiger partial charge in [-0.25, -0.2) is 9.59 Å². The van der Waals surface area contributed by atoms with Crippen LogP contribution in [-0.4, -0.2) is 157 Å². The third-order valence-corrected chi connectivity index (χ3v) is 11.7. The maximum atomic E-state index is 13.4. The fourth-order valence-corrected chi connectivity index (χ4v) is 7.79. The van der Waals surface area contributed by atoms with Gasteiger partial charge in [0.25, 0.3) is 11.8 Å². The molecule has 4 rings (SSSR count). The first-order valence-corrected chi connectivity index (χ1v) is 24.9. The van der Waals surface area contributed by atoms with E-state index in [-0.39, 0.29) is 131 Å². The Kier molecular flexibility index (Phi) is 24.6. The molecule has 77 heavy (non-hydrogen) atoms. The van der Waals surface area contributed by atoms with E-state index in [0.29, 0.717) is 11.1 Å². The molecule has 26 heteroatoms. The van der Waals surface area contributed by atoms with E-state index in [1.165, 1.54) is 38.1 Å². The molecule has 0 aliphatic carbocycles. The second-order valence-electron chi connectivity index (χ2n) is 18.4. The Hall–Kier alpha value is -8.26. The van der Waals surface area contributed by atoms with Crippen molar-refractivity contribution >= 4 is 94.1 Å². The number of hydrogen-bond acceptors (Lipinski definition) is 16. The number of imide groups is 4. The maximum absolute atomic E-state index is 13.4. The van der Waals surface area contributed by atoms with Crippen LogP contribution in [0.2, 0.25) is 0 Å². The molecule has 2 heterocycles. The molecule has 2 fully saturated rings. The molecule has 2 aromatic rings. The largest absolute Gasteiger partial charge is 0.378 e. The average Bonchev–Trinajstić information content (AvgIpc) is 3.75. The van der Waals surface area contributed by atoms with Gasteiger partial charge in [-0.3, -0.25) is 78.0 Å². The summed E-state index contributed by atoms with van der Waals surface area (Å²) in [5, 5.41) is 18.9. The fraction of sp³-hybridized carbons (Fsp3) is 0.490. The number of nitrogens with one attached hydrogen (secondary N) is 8. The number of hydrogen-bond donors (Lipinski definition) is 8. The lowest BCUT2D eigenvalue weighted by Gasteiger charge is -2.19. The molecule has 2 aromatic carbocycles. The second-order valence-corrected chi connectivity index (χ2v) is 18.4. The first-order chi connectivity index (χ1) is 36.6. The van der Waals surface area contributed by atoms with Gasteiger partial charge in [-0.2, -0.15) is 0 Å². The number of ether oxygens (including phenoxy) is 2. The third kappa shape index (κ3) is 21.9. The average molecular weight is 1080 g/mol. The Bertz CT molecular complexity index is 2370. The Balaban J connectivity index is 1.32. The summed E-state index contributed by atoms with van der Waals surface area (Å²) < 4.78 is 10.9. The van der Waals surface area contributed by atoms with Gasteiger partial charge in [0, 0.05) is 74.8 Å². The van der Waals surface area contributed by atoms with Crippen LogP contribution in [0.25, 0.3) is 0 Å². The predicted octanol–water partition coefficient (Wildman–Crippen LogP) is -0.0783. The number of urea groups is 2. The highest BCUT2D eigenvalue weighted by Crippen LogP contribution is 2.19. The minimum absolute atomic E-state index is 0.00178. The van der Waals surface area contributed by atoms with Crippen molar-refractivity contribution in [3.63, 3.8) is 0 Å². The summed E-state index contributed by atoms with van der Waals surface area (Å²) in [5.41, 5.74) is 1.88. The number of nitrogens with zero attached hydrogens (tertiary/aromatic N) is 2. The van der Waals surface area contributed by atoms with Crippen LogP contribution in [0, 0.1) is 11.8 Å². The summed E-state index contributed by atoms with van der Waals surface area (Å²) in [5.74, 6) is -7.53. The topological polar surface area (TPSA) is 360 Å². The minimum atomic E-state index is -1.63. The van der Waals surface area contributed by atoms with E-state index >= 15 is 0 Å². The summed E-state index contributed by atoms with van der Waals surface area (Å²) in [6.07, 6.45) is -1.81. The molecule has 0 saturated carbocycles. The predicted molar refractivity (Wildman–Crippen MR) is 272 cm³/mol. The van der Waals surface area contributed by atoms with Gasteiger partial charge in [-0.15, -0.1) is 0 Å². The van der Waals surface area contributed by atoms with Crippen LogP contribution >= 0.6 is 0 Å². The molecule has 0 radical (unpaired) electrons. The van der Waals surface area contributed by atoms with E-state index in [2.05, 4.69) is 42.5 Å². The molecule has 4 unspecified atom stereocenters. The number of ketones is 2. The molecule has 26 nitrogen and oxygen atoms in total. The molecule has 8 N–H and O–H groups in total.